The number of hydrogen-bond acceptors (Lipinski definition) is 5. The van der Waals surface area contributed by atoms with Crippen LogP contribution in [0.2, 0.25) is 0 Å². The largest absolute Gasteiger partial charge is 0.379 e. The topological polar surface area (TPSA) is 58.6 Å². The van der Waals surface area contributed by atoms with Gasteiger partial charge in [0, 0.05) is 38.6 Å². The predicted molar refractivity (Wildman–Crippen MR) is 97.6 cm³/mol. The van der Waals surface area contributed by atoms with Crippen molar-refractivity contribution in [1.82, 2.24) is 19.8 Å². The van der Waals surface area contributed by atoms with E-state index in [1.807, 2.05) is 17.0 Å². The van der Waals surface area contributed by atoms with Crippen molar-refractivity contribution in [1.29, 1.82) is 0 Å². The zero-order valence-corrected chi connectivity index (χ0v) is 14.9. The maximum atomic E-state index is 12.9. The molecule has 0 spiro atoms. The number of likely N-dealkylation sites (tertiary alicyclic amines) is 1. The van der Waals surface area contributed by atoms with Crippen molar-refractivity contribution in [2.75, 3.05) is 32.8 Å². The monoisotopic (exact) mass is 352 g/mol. The first kappa shape index (κ1) is 17.1. The summed E-state index contributed by atoms with van der Waals surface area (Å²) in [5.41, 5.74) is 2.69. The first-order chi connectivity index (χ1) is 12.8. The van der Waals surface area contributed by atoms with E-state index in [1.54, 1.807) is 18.5 Å². The van der Waals surface area contributed by atoms with E-state index in [4.69, 9.17) is 9.72 Å². The maximum Gasteiger partial charge on any atom is 0.255 e. The molecule has 4 rings (SSSR count). The van der Waals surface area contributed by atoms with Gasteiger partial charge >= 0.3 is 0 Å². The highest BCUT2D eigenvalue weighted by molar-refractivity contribution is 5.94. The molecular formula is C20H24N4O2. The molecule has 6 heteroatoms. The summed E-state index contributed by atoms with van der Waals surface area (Å²) in [5.74, 6) is 0.0426. The molecule has 26 heavy (non-hydrogen) atoms. The van der Waals surface area contributed by atoms with Crippen molar-refractivity contribution < 1.29 is 9.53 Å². The molecule has 1 atom stereocenters. The summed E-state index contributed by atoms with van der Waals surface area (Å²) in [6, 6.07) is 9.85. The third-order valence-corrected chi connectivity index (χ3v) is 5.08. The molecule has 2 aliphatic rings. The van der Waals surface area contributed by atoms with Crippen LogP contribution in [-0.2, 0) is 11.3 Å². The lowest BCUT2D eigenvalue weighted by molar-refractivity contribution is 0.0336. The molecule has 2 aromatic heterocycles. The molecule has 0 bridgehead atoms. The molecule has 4 heterocycles. The van der Waals surface area contributed by atoms with E-state index < -0.39 is 0 Å². The summed E-state index contributed by atoms with van der Waals surface area (Å²) in [4.78, 5) is 26.1. The second-order valence-corrected chi connectivity index (χ2v) is 6.84. The molecule has 1 amide bonds. The third kappa shape index (κ3) is 3.76. The van der Waals surface area contributed by atoms with Gasteiger partial charge in [0.15, 0.2) is 0 Å². The smallest absolute Gasteiger partial charge is 0.255 e. The van der Waals surface area contributed by atoms with E-state index >= 15 is 0 Å². The molecule has 0 aliphatic carbocycles. The van der Waals surface area contributed by atoms with Crippen LogP contribution in [-0.4, -0.2) is 58.5 Å². The number of ether oxygens (including phenoxy) is 1. The molecule has 2 saturated heterocycles. The van der Waals surface area contributed by atoms with E-state index in [1.165, 1.54) is 0 Å². The normalized spacial score (nSPS) is 21.1. The number of hydrogen-bond donors (Lipinski definition) is 0. The Morgan fingerprint density at radius 2 is 2.04 bits per heavy atom. The van der Waals surface area contributed by atoms with Gasteiger partial charge in [0.1, 0.15) is 0 Å². The fourth-order valence-electron chi connectivity index (χ4n) is 3.73. The summed E-state index contributed by atoms with van der Waals surface area (Å²) in [6.45, 7) is 5.07. The Hall–Kier alpha value is -2.31. The van der Waals surface area contributed by atoms with Gasteiger partial charge in [0.2, 0.25) is 0 Å². The predicted octanol–water partition coefficient (Wildman–Crippen LogP) is 2.29. The van der Waals surface area contributed by atoms with Gasteiger partial charge in [-0.2, -0.15) is 0 Å². The summed E-state index contributed by atoms with van der Waals surface area (Å²) in [6.07, 6.45) is 5.29. The molecular weight excluding hydrogens is 328 g/mol. The lowest BCUT2D eigenvalue weighted by Crippen LogP contribution is -2.36. The minimum atomic E-state index is 0.0426. The van der Waals surface area contributed by atoms with Gasteiger partial charge in [-0.1, -0.05) is 6.07 Å². The van der Waals surface area contributed by atoms with E-state index in [-0.39, 0.29) is 11.9 Å². The van der Waals surface area contributed by atoms with Gasteiger partial charge in [-0.15, -0.1) is 0 Å². The maximum absolute atomic E-state index is 12.9. The first-order valence-corrected chi connectivity index (χ1v) is 9.28. The fourth-order valence-corrected chi connectivity index (χ4v) is 3.73. The van der Waals surface area contributed by atoms with Crippen LogP contribution in [0.3, 0.4) is 0 Å². The molecule has 2 fully saturated rings. The molecule has 0 unspecified atom stereocenters. The van der Waals surface area contributed by atoms with E-state index in [0.717, 1.165) is 63.6 Å². The van der Waals surface area contributed by atoms with Crippen molar-refractivity contribution in [3.8, 4) is 0 Å². The van der Waals surface area contributed by atoms with Gasteiger partial charge in [-0.3, -0.25) is 19.7 Å². The summed E-state index contributed by atoms with van der Waals surface area (Å²) in [5, 5.41) is 0. The van der Waals surface area contributed by atoms with Crippen LogP contribution < -0.4 is 0 Å². The molecule has 6 nitrogen and oxygen atoms in total. The second kappa shape index (κ2) is 7.93. The van der Waals surface area contributed by atoms with Crippen LogP contribution in [0.4, 0.5) is 0 Å². The van der Waals surface area contributed by atoms with Gasteiger partial charge in [-0.05, 0) is 37.1 Å². The number of aromatic nitrogens is 2. The Kier molecular flexibility index (Phi) is 5.22. The molecule has 0 aromatic carbocycles. The van der Waals surface area contributed by atoms with Crippen molar-refractivity contribution in [3.63, 3.8) is 0 Å². The molecule has 2 aromatic rings. The van der Waals surface area contributed by atoms with Gasteiger partial charge in [0.25, 0.3) is 5.91 Å². The highest BCUT2D eigenvalue weighted by atomic mass is 16.5. The van der Waals surface area contributed by atoms with Crippen LogP contribution in [0.15, 0.2) is 42.7 Å². The number of pyridine rings is 2. The summed E-state index contributed by atoms with van der Waals surface area (Å²) < 4.78 is 5.41. The van der Waals surface area contributed by atoms with E-state index in [9.17, 15) is 4.79 Å². The summed E-state index contributed by atoms with van der Waals surface area (Å²) >= 11 is 0. The van der Waals surface area contributed by atoms with Crippen molar-refractivity contribution >= 4 is 5.91 Å². The highest BCUT2D eigenvalue weighted by Crippen LogP contribution is 2.32. The van der Waals surface area contributed by atoms with Crippen molar-refractivity contribution in [2.24, 2.45) is 0 Å². The first-order valence-electron chi connectivity index (χ1n) is 9.28. The zero-order chi connectivity index (χ0) is 17.8. The van der Waals surface area contributed by atoms with Crippen LogP contribution in [0.25, 0.3) is 0 Å². The van der Waals surface area contributed by atoms with Crippen LogP contribution in [0.1, 0.15) is 40.6 Å². The number of carbonyl (C=O) groups is 1. The van der Waals surface area contributed by atoms with Crippen LogP contribution >= 0.6 is 0 Å². The Labute approximate surface area is 153 Å². The molecule has 0 radical (unpaired) electrons. The number of amides is 1. The van der Waals surface area contributed by atoms with Crippen molar-refractivity contribution in [3.05, 3.63) is 59.7 Å². The highest BCUT2D eigenvalue weighted by Gasteiger charge is 2.31. The Bertz CT molecular complexity index is 746. The van der Waals surface area contributed by atoms with Crippen LogP contribution in [0, 0.1) is 0 Å². The fraction of sp³-hybridized carbons (Fsp3) is 0.450. The third-order valence-electron chi connectivity index (χ3n) is 5.08. The average Bonchev–Trinajstić information content (AvgIpc) is 3.19. The Morgan fingerprint density at radius 3 is 2.85 bits per heavy atom. The van der Waals surface area contributed by atoms with E-state index in [0.29, 0.717) is 5.56 Å². The van der Waals surface area contributed by atoms with Crippen LogP contribution in [0.5, 0.6) is 0 Å². The Balaban J connectivity index is 1.50. The summed E-state index contributed by atoms with van der Waals surface area (Å²) in [7, 11) is 0. The number of carbonyl (C=O) groups excluding carboxylic acids is 1. The molecule has 2 aliphatic heterocycles. The van der Waals surface area contributed by atoms with Gasteiger partial charge in [-0.25, -0.2) is 0 Å². The quantitative estimate of drug-likeness (QED) is 0.845. The second-order valence-electron chi connectivity index (χ2n) is 6.84. The number of morpholine rings is 1. The van der Waals surface area contributed by atoms with Gasteiger partial charge < -0.3 is 9.64 Å². The lowest BCUT2D eigenvalue weighted by Gasteiger charge is -2.27. The minimum Gasteiger partial charge on any atom is -0.379 e. The SMILES string of the molecule is O=C(c1cccnc1)N1CCC[C@@H]1c1cccc(CN2CCOCC2)n1. The molecule has 0 saturated carbocycles. The average molecular weight is 352 g/mol. The minimum absolute atomic E-state index is 0.0426. The standard InChI is InChI=1S/C20H24N4O2/c25-20(16-4-2-8-21-14-16)24-9-3-7-19(24)18-6-1-5-17(22-18)15-23-10-12-26-13-11-23/h1-2,4-6,8,14,19H,3,7,9-13,15H2/t19-/m1/s1. The lowest BCUT2D eigenvalue weighted by atomic mass is 10.1. The zero-order valence-electron chi connectivity index (χ0n) is 14.9. The van der Waals surface area contributed by atoms with Crippen molar-refractivity contribution in [2.45, 2.75) is 25.4 Å². The van der Waals surface area contributed by atoms with Gasteiger partial charge in [0.05, 0.1) is 36.2 Å². The molecule has 136 valence electrons. The van der Waals surface area contributed by atoms with E-state index in [2.05, 4.69) is 22.0 Å². The Morgan fingerprint density at radius 1 is 1.15 bits per heavy atom. The molecule has 0 N–H and O–H groups in total. The number of nitrogens with zero attached hydrogens (tertiary/aromatic N) is 4. The number of rotatable bonds is 4.